The molecule has 0 spiro atoms. The van der Waals surface area contributed by atoms with Crippen LogP contribution in [0.25, 0.3) is 0 Å². The zero-order valence-corrected chi connectivity index (χ0v) is 8.56. The van der Waals surface area contributed by atoms with Gasteiger partial charge >= 0.3 is 0 Å². The summed E-state index contributed by atoms with van der Waals surface area (Å²) >= 11 is 0. The predicted octanol–water partition coefficient (Wildman–Crippen LogP) is 3.92. The first kappa shape index (κ1) is 11.0. The van der Waals surface area contributed by atoms with E-state index in [0.29, 0.717) is 5.92 Å². The minimum atomic E-state index is 0.599. The molecule has 0 aromatic heterocycles. The molecule has 0 rings (SSSR count). The van der Waals surface area contributed by atoms with E-state index < -0.39 is 0 Å². The third-order valence-electron chi connectivity index (χ3n) is 2.81. The number of hydrogen-bond acceptors (Lipinski definition) is 0. The molecule has 0 aromatic rings. The van der Waals surface area contributed by atoms with Gasteiger partial charge in [-0.15, -0.1) is 0 Å². The van der Waals surface area contributed by atoms with E-state index in [-0.39, 0.29) is 0 Å². The summed E-state index contributed by atoms with van der Waals surface area (Å²) in [4.78, 5) is 0. The molecule has 0 amide bonds. The third kappa shape index (κ3) is 4.44. The van der Waals surface area contributed by atoms with Crippen LogP contribution in [-0.2, 0) is 0 Å². The fourth-order valence-electron chi connectivity index (χ4n) is 1.35. The van der Waals surface area contributed by atoms with Gasteiger partial charge in [0.25, 0.3) is 0 Å². The van der Waals surface area contributed by atoms with Crippen LogP contribution in [0.1, 0.15) is 47.0 Å². The Bertz CT molecular complexity index is 84.0. The minimum absolute atomic E-state index is 0.599. The maximum Gasteiger partial charge on any atom is -0.0391 e. The Morgan fingerprint density at radius 2 is 1.73 bits per heavy atom. The second-order valence-electron chi connectivity index (χ2n) is 3.96. The van der Waals surface area contributed by atoms with E-state index in [1.807, 2.05) is 0 Å². The van der Waals surface area contributed by atoms with Crippen LogP contribution in [0.4, 0.5) is 0 Å². The molecular formula is C11H23. The average molecular weight is 155 g/mol. The first-order chi connectivity index (χ1) is 5.09. The highest BCUT2D eigenvalue weighted by molar-refractivity contribution is 4.69. The summed E-state index contributed by atoms with van der Waals surface area (Å²) in [5.41, 5.74) is 0. The highest BCUT2D eigenvalue weighted by Gasteiger charge is 2.14. The van der Waals surface area contributed by atoms with Gasteiger partial charge in [-0.3, -0.25) is 0 Å². The molecule has 0 heteroatoms. The molecular weight excluding hydrogens is 132 g/mol. The maximum absolute atomic E-state index is 4.07. The van der Waals surface area contributed by atoms with Gasteiger partial charge in [0, 0.05) is 0 Å². The first-order valence-corrected chi connectivity index (χ1v) is 4.92. The van der Waals surface area contributed by atoms with Crippen molar-refractivity contribution >= 4 is 0 Å². The standard InChI is InChI=1S/C11H23/c1-6-7-8-10(4)11(5)9(2)3/h9-11H,2,6-8H2,1,3-5H3. The van der Waals surface area contributed by atoms with Crippen LogP contribution in [-0.4, -0.2) is 0 Å². The predicted molar refractivity (Wildman–Crippen MR) is 52.4 cm³/mol. The summed E-state index contributed by atoms with van der Waals surface area (Å²) in [6.45, 7) is 13.2. The van der Waals surface area contributed by atoms with Crippen molar-refractivity contribution in [3.05, 3.63) is 6.92 Å². The van der Waals surface area contributed by atoms with E-state index in [1.54, 1.807) is 0 Å². The molecule has 0 saturated carbocycles. The van der Waals surface area contributed by atoms with Crippen molar-refractivity contribution in [2.75, 3.05) is 0 Å². The molecule has 0 aliphatic heterocycles. The SMILES string of the molecule is [CH2]C(C)C(C)C(C)CCCC. The van der Waals surface area contributed by atoms with Gasteiger partial charge in [-0.25, -0.2) is 0 Å². The lowest BCUT2D eigenvalue weighted by atomic mass is 9.83. The molecule has 67 valence electrons. The van der Waals surface area contributed by atoms with Gasteiger partial charge in [0.2, 0.25) is 0 Å². The zero-order valence-electron chi connectivity index (χ0n) is 8.56. The van der Waals surface area contributed by atoms with Gasteiger partial charge in [0.15, 0.2) is 0 Å². The lowest BCUT2D eigenvalue weighted by Gasteiger charge is -2.22. The van der Waals surface area contributed by atoms with Gasteiger partial charge in [-0.1, -0.05) is 53.9 Å². The summed E-state index contributed by atoms with van der Waals surface area (Å²) in [6, 6.07) is 0. The highest BCUT2D eigenvalue weighted by Crippen LogP contribution is 2.23. The van der Waals surface area contributed by atoms with Crippen LogP contribution < -0.4 is 0 Å². The molecule has 1 radical (unpaired) electrons. The van der Waals surface area contributed by atoms with Gasteiger partial charge in [0.05, 0.1) is 0 Å². The lowest BCUT2D eigenvalue weighted by molar-refractivity contribution is 0.296. The Kier molecular flexibility index (Phi) is 5.62. The van der Waals surface area contributed by atoms with Crippen molar-refractivity contribution in [1.82, 2.24) is 0 Å². The molecule has 0 heterocycles. The molecule has 0 bridgehead atoms. The summed E-state index contributed by atoms with van der Waals surface area (Å²) in [6.07, 6.45) is 4.07. The maximum atomic E-state index is 4.07. The number of unbranched alkanes of at least 4 members (excludes halogenated alkanes) is 1. The lowest BCUT2D eigenvalue weighted by Crippen LogP contribution is -2.14. The van der Waals surface area contributed by atoms with E-state index in [2.05, 4.69) is 34.6 Å². The van der Waals surface area contributed by atoms with Crippen LogP contribution in [0, 0.1) is 24.7 Å². The fourth-order valence-corrected chi connectivity index (χ4v) is 1.35. The minimum Gasteiger partial charge on any atom is -0.0654 e. The number of rotatable bonds is 5. The zero-order chi connectivity index (χ0) is 8.85. The van der Waals surface area contributed by atoms with E-state index in [4.69, 9.17) is 0 Å². The quantitative estimate of drug-likeness (QED) is 0.564. The van der Waals surface area contributed by atoms with E-state index in [1.165, 1.54) is 19.3 Å². The summed E-state index contributed by atoms with van der Waals surface area (Å²) in [5, 5.41) is 0. The Morgan fingerprint density at radius 3 is 2.09 bits per heavy atom. The largest absolute Gasteiger partial charge is 0.0654 e. The molecule has 0 N–H and O–H groups in total. The second kappa shape index (κ2) is 5.62. The molecule has 0 aliphatic carbocycles. The molecule has 0 nitrogen and oxygen atoms in total. The molecule has 11 heavy (non-hydrogen) atoms. The summed E-state index contributed by atoms with van der Waals surface area (Å²) in [5.74, 6) is 2.23. The van der Waals surface area contributed by atoms with Crippen LogP contribution in [0.15, 0.2) is 0 Å². The van der Waals surface area contributed by atoms with Gasteiger partial charge in [0.1, 0.15) is 0 Å². The van der Waals surface area contributed by atoms with E-state index in [9.17, 15) is 0 Å². The highest BCUT2D eigenvalue weighted by atomic mass is 14.2. The van der Waals surface area contributed by atoms with Crippen LogP contribution in [0.5, 0.6) is 0 Å². The van der Waals surface area contributed by atoms with Crippen molar-refractivity contribution < 1.29 is 0 Å². The normalized spacial score (nSPS) is 16.9. The molecule has 0 aliphatic rings. The van der Waals surface area contributed by atoms with Crippen LogP contribution >= 0.6 is 0 Å². The van der Waals surface area contributed by atoms with Crippen molar-refractivity contribution in [3.8, 4) is 0 Å². The third-order valence-corrected chi connectivity index (χ3v) is 2.81. The Hall–Kier alpha value is 0. The van der Waals surface area contributed by atoms with Crippen LogP contribution in [0.2, 0.25) is 0 Å². The van der Waals surface area contributed by atoms with Crippen molar-refractivity contribution in [3.63, 3.8) is 0 Å². The monoisotopic (exact) mass is 155 g/mol. The van der Waals surface area contributed by atoms with Crippen molar-refractivity contribution in [2.24, 2.45) is 17.8 Å². The average Bonchev–Trinajstić information content (AvgIpc) is 1.98. The smallest absolute Gasteiger partial charge is 0.0391 e. The summed E-state index contributed by atoms with van der Waals surface area (Å²) in [7, 11) is 0. The van der Waals surface area contributed by atoms with Gasteiger partial charge < -0.3 is 0 Å². The molecule has 0 saturated heterocycles. The van der Waals surface area contributed by atoms with Crippen molar-refractivity contribution in [1.29, 1.82) is 0 Å². The van der Waals surface area contributed by atoms with E-state index in [0.717, 1.165) is 11.8 Å². The van der Waals surface area contributed by atoms with Crippen LogP contribution in [0.3, 0.4) is 0 Å². The number of hydrogen-bond donors (Lipinski definition) is 0. The molecule has 0 aromatic carbocycles. The van der Waals surface area contributed by atoms with Gasteiger partial charge in [-0.2, -0.15) is 0 Å². The van der Waals surface area contributed by atoms with Gasteiger partial charge in [-0.05, 0) is 17.8 Å². The fraction of sp³-hybridized carbons (Fsp3) is 0.909. The first-order valence-electron chi connectivity index (χ1n) is 4.92. The topological polar surface area (TPSA) is 0 Å². The molecule has 3 unspecified atom stereocenters. The Morgan fingerprint density at radius 1 is 1.18 bits per heavy atom. The van der Waals surface area contributed by atoms with E-state index >= 15 is 0 Å². The summed E-state index contributed by atoms with van der Waals surface area (Å²) < 4.78 is 0. The second-order valence-corrected chi connectivity index (χ2v) is 3.96. The molecule has 3 atom stereocenters. The van der Waals surface area contributed by atoms with Crippen molar-refractivity contribution in [2.45, 2.75) is 47.0 Å². The molecule has 0 fully saturated rings. The Balaban J connectivity index is 3.55. The Labute approximate surface area is 72.4 Å².